The summed E-state index contributed by atoms with van der Waals surface area (Å²) in [6, 6.07) is 0. The van der Waals surface area contributed by atoms with Crippen molar-refractivity contribution in [1.29, 1.82) is 0 Å². The minimum atomic E-state index is -0.644. The van der Waals surface area contributed by atoms with Gasteiger partial charge in [-0.3, -0.25) is 0 Å². The van der Waals surface area contributed by atoms with Gasteiger partial charge in [-0.15, -0.1) is 12.6 Å². The third-order valence-corrected chi connectivity index (χ3v) is 0.422. The van der Waals surface area contributed by atoms with Crippen LogP contribution in [-0.4, -0.2) is 17.1 Å². The third-order valence-electron chi connectivity index (χ3n) is 0.211. The van der Waals surface area contributed by atoms with Crippen LogP contribution >= 0.6 is 12.6 Å². The number of thiol groups is 1. The molecule has 1 atom stereocenters. The molecule has 0 aromatic carbocycles. The normalized spacial score (nSPS) is 10.1. The molecule has 0 aliphatic carbocycles. The predicted molar refractivity (Wildman–Crippen MR) is 31.1 cm³/mol. The second-order valence-corrected chi connectivity index (χ2v) is 1.31. The fourth-order valence-electron chi connectivity index (χ4n) is 0. The van der Waals surface area contributed by atoms with Crippen molar-refractivity contribution in [3.63, 3.8) is 0 Å². The zero-order chi connectivity index (χ0) is 6.28. The van der Waals surface area contributed by atoms with Gasteiger partial charge in [0.1, 0.15) is 5.44 Å². The van der Waals surface area contributed by atoms with Crippen LogP contribution in [-0.2, 0) is 21.8 Å². The summed E-state index contributed by atoms with van der Waals surface area (Å²) in [7, 11) is 0. The van der Waals surface area contributed by atoms with Crippen molar-refractivity contribution in [3.05, 3.63) is 7.43 Å². The minimum absolute atomic E-state index is 0. The van der Waals surface area contributed by atoms with Gasteiger partial charge in [-0.1, -0.05) is 0 Å². The Balaban J connectivity index is -0.0000000750. The molecule has 0 fully saturated rings. The average molecular weight is 190 g/mol. The van der Waals surface area contributed by atoms with Crippen molar-refractivity contribution in [2.45, 2.75) is 5.44 Å². The van der Waals surface area contributed by atoms with Crippen LogP contribution in [0.1, 0.15) is 0 Å². The Kier molecular flexibility index (Phi) is 31.0. The zero-order valence-corrected chi connectivity index (χ0v) is 8.73. The van der Waals surface area contributed by atoms with Crippen molar-refractivity contribution in [1.82, 2.24) is 0 Å². The number of aliphatic hydroxyl groups is 1. The van der Waals surface area contributed by atoms with Gasteiger partial charge < -0.3 is 18.3 Å². The molecule has 48 valence electrons. The first-order valence-corrected chi connectivity index (χ1v) is 3.35. The molecule has 0 saturated heterocycles. The van der Waals surface area contributed by atoms with E-state index in [4.69, 9.17) is 14.4 Å². The van der Waals surface area contributed by atoms with Gasteiger partial charge in [0.15, 0.2) is 0 Å². The van der Waals surface area contributed by atoms with Gasteiger partial charge in [-0.05, 0) is 0 Å². The Bertz CT molecular complexity index is 38.5. The maximum absolute atomic E-state index is 8.38. The standard InChI is InChI=1S/C2H7NOS.CH3.O.Zn/c3-1-2(4)5;;;/h2,4-5H,1,3H2;1H3;;/q;-1;;. The van der Waals surface area contributed by atoms with Crippen LogP contribution in [0.25, 0.3) is 0 Å². The number of rotatable bonds is 1. The van der Waals surface area contributed by atoms with Crippen molar-refractivity contribution in [2.75, 3.05) is 6.54 Å². The number of hydrogen-bond donors (Lipinski definition) is 3. The summed E-state index contributed by atoms with van der Waals surface area (Å²) in [5.41, 5.74) is 4.20. The third kappa shape index (κ3) is 29.9. The van der Waals surface area contributed by atoms with Crippen LogP contribution < -0.4 is 5.73 Å². The first kappa shape index (κ1) is 15.9. The molecular weight excluding hydrogens is 179 g/mol. The average Bonchev–Trinajstić information content (AvgIpc) is 1.73. The van der Waals surface area contributed by atoms with Crippen LogP contribution in [0.5, 0.6) is 0 Å². The Hall–Kier alpha value is 0.693. The van der Waals surface area contributed by atoms with E-state index in [0.717, 1.165) is 0 Å². The fraction of sp³-hybridized carbons (Fsp3) is 0.667. The SMILES string of the molecule is NCC(O)S.[CH3-].[O]=[Zn]. The Labute approximate surface area is 65.0 Å². The van der Waals surface area contributed by atoms with Crippen molar-refractivity contribution < 1.29 is 26.9 Å². The Morgan fingerprint density at radius 2 is 1.88 bits per heavy atom. The number of nitrogens with two attached hydrogens (primary N) is 1. The topological polar surface area (TPSA) is 63.3 Å². The monoisotopic (exact) mass is 188 g/mol. The van der Waals surface area contributed by atoms with Gasteiger partial charge in [-0.2, -0.15) is 0 Å². The first-order chi connectivity index (χ1) is 3.27. The predicted octanol–water partition coefficient (Wildman–Crippen LogP) is -0.478. The molecule has 0 rings (SSSR count). The van der Waals surface area contributed by atoms with E-state index in [0.29, 0.717) is 0 Å². The van der Waals surface area contributed by atoms with Crippen LogP contribution in [0, 0.1) is 7.43 Å². The van der Waals surface area contributed by atoms with E-state index in [9.17, 15) is 0 Å². The summed E-state index contributed by atoms with van der Waals surface area (Å²) in [6.45, 7) is 0.225. The summed E-state index contributed by atoms with van der Waals surface area (Å²) < 4.78 is 8.38. The number of hydrogen-bond acceptors (Lipinski definition) is 4. The summed E-state index contributed by atoms with van der Waals surface area (Å²) in [5, 5.41) is 8.10. The van der Waals surface area contributed by atoms with Gasteiger partial charge in [0, 0.05) is 6.54 Å². The molecule has 3 nitrogen and oxygen atoms in total. The Morgan fingerprint density at radius 1 is 1.75 bits per heavy atom. The maximum atomic E-state index is 8.38. The molecule has 8 heavy (non-hydrogen) atoms. The summed E-state index contributed by atoms with van der Waals surface area (Å²) in [4.78, 5) is 0. The molecule has 0 amide bonds. The molecule has 0 heterocycles. The van der Waals surface area contributed by atoms with Gasteiger partial charge in [0.25, 0.3) is 0 Å². The van der Waals surface area contributed by atoms with E-state index in [1.165, 1.54) is 0 Å². The molecular formula is C3H10NO2SZn-. The fourth-order valence-corrected chi connectivity index (χ4v) is 0. The van der Waals surface area contributed by atoms with Crippen LogP contribution in [0.15, 0.2) is 0 Å². The van der Waals surface area contributed by atoms with E-state index in [2.05, 4.69) is 12.6 Å². The van der Waals surface area contributed by atoms with Crippen molar-refractivity contribution in [2.24, 2.45) is 5.73 Å². The number of aliphatic hydroxyl groups excluding tert-OH is 1. The van der Waals surface area contributed by atoms with Crippen molar-refractivity contribution in [3.8, 4) is 0 Å². The second kappa shape index (κ2) is 15.6. The van der Waals surface area contributed by atoms with Gasteiger partial charge in [0.2, 0.25) is 0 Å². The molecule has 0 aliphatic heterocycles. The van der Waals surface area contributed by atoms with Gasteiger partial charge in [-0.25, -0.2) is 0 Å². The molecule has 3 N–H and O–H groups in total. The van der Waals surface area contributed by atoms with E-state index in [1.54, 1.807) is 0 Å². The van der Waals surface area contributed by atoms with Crippen LogP contribution in [0.2, 0.25) is 0 Å². The molecule has 0 aromatic heterocycles. The summed E-state index contributed by atoms with van der Waals surface area (Å²) >= 11 is 3.65. The van der Waals surface area contributed by atoms with Crippen LogP contribution in [0.3, 0.4) is 0 Å². The molecule has 0 saturated carbocycles. The quantitative estimate of drug-likeness (QED) is 0.226. The van der Waals surface area contributed by atoms with Gasteiger partial charge >= 0.3 is 21.8 Å². The van der Waals surface area contributed by atoms with Gasteiger partial charge in [0.05, 0.1) is 0 Å². The molecule has 0 spiro atoms. The van der Waals surface area contributed by atoms with E-state index >= 15 is 0 Å². The zero-order valence-electron chi connectivity index (χ0n) is 4.87. The molecule has 0 aromatic rings. The van der Waals surface area contributed by atoms with E-state index in [-0.39, 0.29) is 32.2 Å². The van der Waals surface area contributed by atoms with E-state index in [1.807, 2.05) is 0 Å². The first-order valence-electron chi connectivity index (χ1n) is 1.62. The molecule has 0 bridgehead atoms. The second-order valence-electron chi connectivity index (χ2n) is 0.716. The Morgan fingerprint density at radius 3 is 1.88 bits per heavy atom. The molecule has 0 aliphatic rings. The van der Waals surface area contributed by atoms with Crippen molar-refractivity contribution >= 4 is 12.6 Å². The molecule has 1 unspecified atom stereocenters. The molecule has 5 heteroatoms. The van der Waals surface area contributed by atoms with E-state index < -0.39 is 5.44 Å². The summed E-state index contributed by atoms with van der Waals surface area (Å²) in [6.07, 6.45) is 0. The summed E-state index contributed by atoms with van der Waals surface area (Å²) in [5.74, 6) is 0. The molecule has 0 radical (unpaired) electrons. The van der Waals surface area contributed by atoms with Crippen LogP contribution in [0.4, 0.5) is 0 Å².